The van der Waals surface area contributed by atoms with Crippen LogP contribution in [0.4, 0.5) is 0 Å². The maximum atomic E-state index is 11.9. The van der Waals surface area contributed by atoms with Gasteiger partial charge in [-0.3, -0.25) is 4.79 Å². The zero-order valence-corrected chi connectivity index (χ0v) is 11.0. The number of carboxylic acid groups (broad SMARTS) is 1. The first-order valence-electron chi connectivity index (χ1n) is 5.69. The Hall–Kier alpha value is -1.32. The fourth-order valence-corrected chi connectivity index (χ4v) is 2.04. The number of hydrogen-bond donors (Lipinski definition) is 1. The van der Waals surface area contributed by atoms with Crippen LogP contribution in [0.5, 0.6) is 0 Å². The molecule has 0 unspecified atom stereocenters. The fraction of sp³-hybridized carbons (Fsp3) is 0.692. The van der Waals surface area contributed by atoms with Crippen LogP contribution in [0.25, 0.3) is 0 Å². The van der Waals surface area contributed by atoms with Gasteiger partial charge in [-0.15, -0.1) is 0 Å². The summed E-state index contributed by atoms with van der Waals surface area (Å²) in [5.74, 6) is -1.52. The van der Waals surface area contributed by atoms with Gasteiger partial charge in [0.2, 0.25) is 0 Å². The summed E-state index contributed by atoms with van der Waals surface area (Å²) in [6, 6.07) is 0. The van der Waals surface area contributed by atoms with Crippen molar-refractivity contribution in [3.05, 3.63) is 12.2 Å². The average molecular weight is 240 g/mol. The van der Waals surface area contributed by atoms with Crippen molar-refractivity contribution < 1.29 is 19.4 Å². The van der Waals surface area contributed by atoms with Crippen molar-refractivity contribution in [3.8, 4) is 0 Å². The third-order valence-corrected chi connectivity index (χ3v) is 3.02. The monoisotopic (exact) mass is 240 g/mol. The Balaban J connectivity index is 2.68. The first-order valence-corrected chi connectivity index (χ1v) is 5.69. The molecule has 1 saturated carbocycles. The van der Waals surface area contributed by atoms with Crippen LogP contribution >= 0.6 is 0 Å². The molecule has 0 aromatic heterocycles. The van der Waals surface area contributed by atoms with E-state index in [4.69, 9.17) is 9.84 Å². The van der Waals surface area contributed by atoms with Gasteiger partial charge >= 0.3 is 11.9 Å². The van der Waals surface area contributed by atoms with Crippen molar-refractivity contribution in [2.75, 3.05) is 0 Å². The summed E-state index contributed by atoms with van der Waals surface area (Å²) in [4.78, 5) is 22.3. The second kappa shape index (κ2) is 4.17. The Morgan fingerprint density at radius 2 is 1.82 bits per heavy atom. The number of carbonyl (C=O) groups excluding carboxylic acids is 1. The molecule has 0 aliphatic heterocycles. The lowest BCUT2D eigenvalue weighted by Crippen LogP contribution is -2.26. The summed E-state index contributed by atoms with van der Waals surface area (Å²) in [6.07, 6.45) is 2.67. The molecule has 1 aliphatic carbocycles. The predicted octanol–water partition coefficient (Wildman–Crippen LogP) is 2.24. The van der Waals surface area contributed by atoms with Crippen molar-refractivity contribution in [3.63, 3.8) is 0 Å². The van der Waals surface area contributed by atoms with E-state index in [1.807, 2.05) is 34.6 Å². The molecule has 17 heavy (non-hydrogen) atoms. The Morgan fingerprint density at radius 1 is 1.29 bits per heavy atom. The van der Waals surface area contributed by atoms with Gasteiger partial charge in [0, 0.05) is 6.08 Å². The SMILES string of the molecule is CC(C)(C)OC(=O)[C@H]1[C@@H](/C=C\C(=O)O)C1(C)C. The number of esters is 1. The number of rotatable bonds is 3. The van der Waals surface area contributed by atoms with E-state index in [0.29, 0.717) is 0 Å². The van der Waals surface area contributed by atoms with Crippen molar-refractivity contribution in [1.29, 1.82) is 0 Å². The standard InChI is InChI=1S/C13H20O4/c1-12(2,3)17-11(16)10-8(13(10,4)5)6-7-9(14)15/h6-8,10H,1-5H3,(H,14,15)/b7-6-/t8-,10-/m1/s1. The first-order chi connectivity index (χ1) is 7.55. The highest BCUT2D eigenvalue weighted by Crippen LogP contribution is 2.59. The largest absolute Gasteiger partial charge is 0.478 e. The van der Waals surface area contributed by atoms with Crippen molar-refractivity contribution in [1.82, 2.24) is 0 Å². The zero-order chi connectivity index (χ0) is 13.4. The first kappa shape index (κ1) is 13.7. The number of ether oxygens (including phenoxy) is 1. The van der Waals surface area contributed by atoms with E-state index in [1.54, 1.807) is 6.08 Å². The average Bonchev–Trinajstić information content (AvgIpc) is 2.61. The molecule has 0 heterocycles. The van der Waals surface area contributed by atoms with Gasteiger partial charge in [-0.1, -0.05) is 19.9 Å². The molecule has 0 amide bonds. The highest BCUT2D eigenvalue weighted by atomic mass is 16.6. The summed E-state index contributed by atoms with van der Waals surface area (Å²) < 4.78 is 5.31. The molecule has 2 atom stereocenters. The third-order valence-electron chi connectivity index (χ3n) is 3.02. The topological polar surface area (TPSA) is 63.6 Å². The quantitative estimate of drug-likeness (QED) is 0.607. The van der Waals surface area contributed by atoms with Crippen LogP contribution in [0.15, 0.2) is 12.2 Å². The molecular formula is C13H20O4. The summed E-state index contributed by atoms with van der Waals surface area (Å²) in [6.45, 7) is 9.35. The molecule has 1 aliphatic rings. The zero-order valence-electron chi connectivity index (χ0n) is 11.0. The van der Waals surface area contributed by atoms with Gasteiger partial charge < -0.3 is 9.84 Å². The van der Waals surface area contributed by atoms with E-state index < -0.39 is 11.6 Å². The van der Waals surface area contributed by atoms with Gasteiger partial charge in [0.1, 0.15) is 5.60 Å². The molecule has 1 N–H and O–H groups in total. The second-order valence-corrected chi connectivity index (χ2v) is 6.06. The minimum atomic E-state index is -0.990. The highest BCUT2D eigenvalue weighted by molar-refractivity contribution is 5.82. The molecule has 0 aromatic carbocycles. The molecule has 1 fully saturated rings. The smallest absolute Gasteiger partial charge is 0.327 e. The lowest BCUT2D eigenvalue weighted by Gasteiger charge is -2.19. The Bertz CT molecular complexity index is 360. The van der Waals surface area contributed by atoms with Gasteiger partial charge in [-0.2, -0.15) is 0 Å². The summed E-state index contributed by atoms with van der Waals surface area (Å²) in [5, 5.41) is 8.57. The molecule has 1 rings (SSSR count). The maximum Gasteiger partial charge on any atom is 0.327 e. The minimum Gasteiger partial charge on any atom is -0.478 e. The number of hydrogen-bond acceptors (Lipinski definition) is 3. The van der Waals surface area contributed by atoms with Crippen LogP contribution in [-0.2, 0) is 14.3 Å². The van der Waals surface area contributed by atoms with Gasteiger partial charge in [-0.05, 0) is 32.1 Å². The summed E-state index contributed by atoms with van der Waals surface area (Å²) in [5.41, 5.74) is -0.717. The van der Waals surface area contributed by atoms with Crippen LogP contribution in [0, 0.1) is 17.3 Å². The lowest BCUT2D eigenvalue weighted by molar-refractivity contribution is -0.157. The lowest BCUT2D eigenvalue weighted by atomic mass is 10.1. The summed E-state index contributed by atoms with van der Waals surface area (Å²) >= 11 is 0. The predicted molar refractivity (Wildman–Crippen MR) is 63.4 cm³/mol. The Morgan fingerprint density at radius 3 is 2.24 bits per heavy atom. The number of carbonyl (C=O) groups is 2. The molecule has 0 aromatic rings. The molecule has 4 heteroatoms. The molecule has 4 nitrogen and oxygen atoms in total. The molecule has 0 bridgehead atoms. The van der Waals surface area contributed by atoms with Gasteiger partial charge in [0.15, 0.2) is 0 Å². The van der Waals surface area contributed by atoms with E-state index in [-0.39, 0.29) is 23.2 Å². The molecular weight excluding hydrogens is 220 g/mol. The maximum absolute atomic E-state index is 11.9. The normalized spacial score (nSPS) is 26.9. The van der Waals surface area contributed by atoms with Crippen LogP contribution < -0.4 is 0 Å². The van der Waals surface area contributed by atoms with Crippen molar-refractivity contribution in [2.45, 2.75) is 40.2 Å². The van der Waals surface area contributed by atoms with Crippen LogP contribution in [0.3, 0.4) is 0 Å². The van der Waals surface area contributed by atoms with E-state index in [1.165, 1.54) is 0 Å². The summed E-state index contributed by atoms with van der Waals surface area (Å²) in [7, 11) is 0. The third kappa shape index (κ3) is 3.32. The van der Waals surface area contributed by atoms with Gasteiger partial charge in [-0.25, -0.2) is 4.79 Å². The highest BCUT2D eigenvalue weighted by Gasteiger charge is 2.61. The Labute approximate surface area is 102 Å². The number of allylic oxidation sites excluding steroid dienone is 1. The van der Waals surface area contributed by atoms with Crippen molar-refractivity contribution >= 4 is 11.9 Å². The molecule has 96 valence electrons. The van der Waals surface area contributed by atoms with Crippen LogP contribution in [-0.4, -0.2) is 22.6 Å². The van der Waals surface area contributed by atoms with Gasteiger partial charge in [0.25, 0.3) is 0 Å². The number of carboxylic acids is 1. The van der Waals surface area contributed by atoms with Crippen molar-refractivity contribution in [2.24, 2.45) is 17.3 Å². The molecule has 0 saturated heterocycles. The molecule has 0 radical (unpaired) electrons. The van der Waals surface area contributed by atoms with E-state index >= 15 is 0 Å². The van der Waals surface area contributed by atoms with Gasteiger partial charge in [0.05, 0.1) is 5.92 Å². The van der Waals surface area contributed by atoms with E-state index in [2.05, 4.69) is 0 Å². The Kier molecular flexibility index (Phi) is 3.37. The minimum absolute atomic E-state index is 0.0477. The molecule has 0 spiro atoms. The number of aliphatic carboxylic acids is 1. The van der Waals surface area contributed by atoms with Crippen LogP contribution in [0.1, 0.15) is 34.6 Å². The van der Waals surface area contributed by atoms with Crippen LogP contribution in [0.2, 0.25) is 0 Å². The van der Waals surface area contributed by atoms with E-state index in [0.717, 1.165) is 6.08 Å². The second-order valence-electron chi connectivity index (χ2n) is 6.06. The van der Waals surface area contributed by atoms with E-state index in [9.17, 15) is 9.59 Å². The fourth-order valence-electron chi connectivity index (χ4n) is 2.04.